The Morgan fingerprint density at radius 3 is 2.20 bits per heavy atom. The Hall–Kier alpha value is -0.0400. The summed E-state index contributed by atoms with van der Waals surface area (Å²) in [5.74, 6) is 2.80. The van der Waals surface area contributed by atoms with E-state index in [1.165, 1.54) is 51.4 Å². The zero-order chi connectivity index (χ0) is 11.1. The van der Waals surface area contributed by atoms with Crippen molar-refractivity contribution >= 4 is 0 Å². The third-order valence-electron chi connectivity index (χ3n) is 4.22. The van der Waals surface area contributed by atoms with Crippen LogP contribution in [0.2, 0.25) is 0 Å². The summed E-state index contributed by atoms with van der Waals surface area (Å²) in [6.07, 6.45) is 11.3. The van der Waals surface area contributed by atoms with Crippen LogP contribution in [0.15, 0.2) is 0 Å². The molecule has 0 spiro atoms. The fourth-order valence-corrected chi connectivity index (χ4v) is 3.27. The Bertz CT molecular complexity index is 147. The van der Waals surface area contributed by atoms with E-state index >= 15 is 0 Å². The summed E-state index contributed by atoms with van der Waals surface area (Å²) in [5.41, 5.74) is 5.88. The van der Waals surface area contributed by atoms with Gasteiger partial charge in [0.25, 0.3) is 0 Å². The molecule has 90 valence electrons. The molecule has 1 heteroatoms. The van der Waals surface area contributed by atoms with Gasteiger partial charge in [-0.1, -0.05) is 46.0 Å². The van der Waals surface area contributed by atoms with Crippen LogP contribution in [-0.4, -0.2) is 6.54 Å². The molecule has 1 unspecified atom stereocenters. The molecule has 0 aromatic carbocycles. The first kappa shape index (κ1) is 13.0. The molecule has 1 aliphatic carbocycles. The van der Waals surface area contributed by atoms with Gasteiger partial charge < -0.3 is 5.73 Å². The Morgan fingerprint density at radius 2 is 1.73 bits per heavy atom. The monoisotopic (exact) mass is 211 g/mol. The summed E-state index contributed by atoms with van der Waals surface area (Å²) in [7, 11) is 0. The van der Waals surface area contributed by atoms with E-state index in [-0.39, 0.29) is 0 Å². The highest BCUT2D eigenvalue weighted by Gasteiger charge is 2.25. The van der Waals surface area contributed by atoms with Crippen LogP contribution in [0.1, 0.15) is 65.2 Å². The first-order valence-corrected chi connectivity index (χ1v) is 7.01. The van der Waals surface area contributed by atoms with Gasteiger partial charge >= 0.3 is 0 Å². The molecule has 1 atom stereocenters. The lowest BCUT2D eigenvalue weighted by Gasteiger charge is -2.33. The van der Waals surface area contributed by atoms with Crippen LogP contribution >= 0.6 is 0 Å². The molecule has 1 aliphatic rings. The molecular formula is C14H29N. The number of hydrogen-bond acceptors (Lipinski definition) is 1. The normalized spacial score (nSPS) is 29.0. The highest BCUT2D eigenvalue weighted by molar-refractivity contribution is 4.78. The van der Waals surface area contributed by atoms with Crippen molar-refractivity contribution in [2.75, 3.05) is 6.54 Å². The zero-order valence-corrected chi connectivity index (χ0v) is 10.7. The fraction of sp³-hybridized carbons (Fsp3) is 1.00. The second-order valence-electron chi connectivity index (χ2n) is 5.35. The highest BCUT2D eigenvalue weighted by Crippen LogP contribution is 2.36. The molecule has 0 aromatic rings. The van der Waals surface area contributed by atoms with Gasteiger partial charge in [0.05, 0.1) is 0 Å². The second-order valence-corrected chi connectivity index (χ2v) is 5.35. The molecule has 0 amide bonds. The molecule has 0 bridgehead atoms. The van der Waals surface area contributed by atoms with Crippen molar-refractivity contribution in [1.29, 1.82) is 0 Å². The summed E-state index contributed by atoms with van der Waals surface area (Å²) in [5, 5.41) is 0. The quantitative estimate of drug-likeness (QED) is 0.707. The van der Waals surface area contributed by atoms with Crippen molar-refractivity contribution < 1.29 is 0 Å². The maximum Gasteiger partial charge on any atom is -0.00462 e. The smallest absolute Gasteiger partial charge is 0.00462 e. The van der Waals surface area contributed by atoms with Gasteiger partial charge in [0.1, 0.15) is 0 Å². The van der Waals surface area contributed by atoms with Crippen molar-refractivity contribution in [3.8, 4) is 0 Å². The van der Waals surface area contributed by atoms with Crippen LogP contribution in [0.4, 0.5) is 0 Å². The summed E-state index contributed by atoms with van der Waals surface area (Å²) in [6.45, 7) is 5.51. The average molecular weight is 211 g/mol. The molecule has 1 saturated carbocycles. The van der Waals surface area contributed by atoms with Crippen LogP contribution < -0.4 is 5.73 Å². The van der Waals surface area contributed by atoms with Gasteiger partial charge in [0.15, 0.2) is 0 Å². The Morgan fingerprint density at radius 1 is 1.07 bits per heavy atom. The lowest BCUT2D eigenvalue weighted by molar-refractivity contribution is 0.192. The largest absolute Gasteiger partial charge is 0.330 e. The van der Waals surface area contributed by atoms with Crippen LogP contribution in [-0.2, 0) is 0 Å². The zero-order valence-electron chi connectivity index (χ0n) is 10.7. The van der Waals surface area contributed by atoms with Crippen LogP contribution in [0.5, 0.6) is 0 Å². The predicted molar refractivity (Wildman–Crippen MR) is 67.8 cm³/mol. The highest BCUT2D eigenvalue weighted by atomic mass is 14.6. The predicted octanol–water partition coefficient (Wildman–Crippen LogP) is 3.97. The van der Waals surface area contributed by atoms with E-state index in [2.05, 4.69) is 13.8 Å². The van der Waals surface area contributed by atoms with Crippen LogP contribution in [0.25, 0.3) is 0 Å². The van der Waals surface area contributed by atoms with Crippen molar-refractivity contribution in [2.45, 2.75) is 65.2 Å². The third kappa shape index (κ3) is 4.14. The summed E-state index contributed by atoms with van der Waals surface area (Å²) in [6, 6.07) is 0. The van der Waals surface area contributed by atoms with Gasteiger partial charge in [0.2, 0.25) is 0 Å². The van der Waals surface area contributed by atoms with Crippen molar-refractivity contribution in [3.63, 3.8) is 0 Å². The average Bonchev–Trinajstić information content (AvgIpc) is 2.28. The first-order chi connectivity index (χ1) is 7.31. The number of rotatable bonds is 6. The number of nitrogens with two attached hydrogens (primary N) is 1. The van der Waals surface area contributed by atoms with Gasteiger partial charge in [-0.3, -0.25) is 0 Å². The SMILES string of the molecule is CCCC1CCC(C(CN)CCC)CC1. The van der Waals surface area contributed by atoms with Gasteiger partial charge in [0, 0.05) is 0 Å². The standard InChI is InChI=1S/C14H29N/c1-3-5-12-7-9-13(10-8-12)14(11-15)6-4-2/h12-14H,3-11,15H2,1-2H3. The number of hydrogen-bond donors (Lipinski definition) is 1. The van der Waals surface area contributed by atoms with Gasteiger partial charge in [-0.2, -0.15) is 0 Å². The van der Waals surface area contributed by atoms with Gasteiger partial charge in [-0.15, -0.1) is 0 Å². The molecule has 0 aliphatic heterocycles. The van der Waals surface area contributed by atoms with E-state index in [9.17, 15) is 0 Å². The molecule has 0 aromatic heterocycles. The second kappa shape index (κ2) is 7.27. The molecule has 0 heterocycles. The van der Waals surface area contributed by atoms with Crippen molar-refractivity contribution in [2.24, 2.45) is 23.5 Å². The molecule has 0 radical (unpaired) electrons. The minimum atomic E-state index is 0.817. The van der Waals surface area contributed by atoms with Gasteiger partial charge in [-0.05, 0) is 43.6 Å². The van der Waals surface area contributed by atoms with E-state index in [0.29, 0.717) is 0 Å². The topological polar surface area (TPSA) is 26.0 Å². The summed E-state index contributed by atoms with van der Waals surface area (Å²) < 4.78 is 0. The Kier molecular flexibility index (Phi) is 6.31. The molecule has 15 heavy (non-hydrogen) atoms. The van der Waals surface area contributed by atoms with Crippen molar-refractivity contribution in [1.82, 2.24) is 0 Å². The summed E-state index contributed by atoms with van der Waals surface area (Å²) >= 11 is 0. The van der Waals surface area contributed by atoms with E-state index in [1.807, 2.05) is 0 Å². The van der Waals surface area contributed by atoms with Crippen LogP contribution in [0, 0.1) is 17.8 Å². The van der Waals surface area contributed by atoms with Crippen LogP contribution in [0.3, 0.4) is 0 Å². The molecular weight excluding hydrogens is 182 g/mol. The maximum atomic E-state index is 5.88. The minimum Gasteiger partial charge on any atom is -0.330 e. The molecule has 1 fully saturated rings. The van der Waals surface area contributed by atoms with Crippen molar-refractivity contribution in [3.05, 3.63) is 0 Å². The molecule has 1 rings (SSSR count). The van der Waals surface area contributed by atoms with E-state index in [4.69, 9.17) is 5.73 Å². The first-order valence-electron chi connectivity index (χ1n) is 7.01. The lowest BCUT2D eigenvalue weighted by Crippen LogP contribution is -2.27. The van der Waals surface area contributed by atoms with Gasteiger partial charge in [-0.25, -0.2) is 0 Å². The fourth-order valence-electron chi connectivity index (χ4n) is 3.27. The molecule has 1 nitrogen and oxygen atoms in total. The maximum absolute atomic E-state index is 5.88. The summed E-state index contributed by atoms with van der Waals surface area (Å²) in [4.78, 5) is 0. The molecule has 2 N–H and O–H groups in total. The third-order valence-corrected chi connectivity index (χ3v) is 4.22. The van der Waals surface area contributed by atoms with E-state index in [0.717, 1.165) is 24.3 Å². The Balaban J connectivity index is 2.28. The van der Waals surface area contributed by atoms with E-state index < -0.39 is 0 Å². The minimum absolute atomic E-state index is 0.817. The van der Waals surface area contributed by atoms with E-state index in [1.54, 1.807) is 0 Å². The Labute approximate surface area is 95.8 Å². The lowest BCUT2D eigenvalue weighted by atomic mass is 9.73. The molecule has 0 saturated heterocycles.